The topological polar surface area (TPSA) is 32.7 Å². The fraction of sp³-hybridized carbons (Fsp3) is 0.400. The fourth-order valence-corrected chi connectivity index (χ4v) is 5.74. The van der Waals surface area contributed by atoms with E-state index in [2.05, 4.69) is 91.5 Å². The van der Waals surface area contributed by atoms with Crippen LogP contribution in [-0.2, 0) is 19.4 Å². The van der Waals surface area contributed by atoms with Crippen LogP contribution in [0.4, 0.5) is 0 Å². The van der Waals surface area contributed by atoms with E-state index in [-0.39, 0.29) is 17.4 Å². The summed E-state index contributed by atoms with van der Waals surface area (Å²) in [5.74, 6) is 1.24. The molecule has 3 atom stereocenters. The highest BCUT2D eigenvalue weighted by atomic mass is 16.5. The Morgan fingerprint density at radius 2 is 1.67 bits per heavy atom. The molecular formula is C30H35NO2. The molecule has 0 aromatic heterocycles. The van der Waals surface area contributed by atoms with Crippen LogP contribution in [0.5, 0.6) is 5.75 Å². The van der Waals surface area contributed by atoms with Crippen molar-refractivity contribution in [3.63, 3.8) is 0 Å². The third-order valence-corrected chi connectivity index (χ3v) is 7.93. The van der Waals surface area contributed by atoms with Gasteiger partial charge in [-0.3, -0.25) is 4.90 Å². The Morgan fingerprint density at radius 1 is 1.00 bits per heavy atom. The van der Waals surface area contributed by atoms with Crippen LogP contribution in [0.2, 0.25) is 0 Å². The van der Waals surface area contributed by atoms with Crippen molar-refractivity contribution >= 4 is 0 Å². The third-order valence-electron chi connectivity index (χ3n) is 7.93. The van der Waals surface area contributed by atoms with E-state index >= 15 is 0 Å². The Hall–Kier alpha value is -2.62. The average molecular weight is 442 g/mol. The average Bonchev–Trinajstić information content (AvgIpc) is 3.37. The van der Waals surface area contributed by atoms with E-state index in [0.29, 0.717) is 0 Å². The summed E-state index contributed by atoms with van der Waals surface area (Å²) in [5, 5.41) is 10.8. The normalized spacial score (nSPS) is 24.1. The molecule has 1 aliphatic heterocycles. The van der Waals surface area contributed by atoms with Gasteiger partial charge in [0, 0.05) is 43.8 Å². The minimum atomic E-state index is -0.390. The van der Waals surface area contributed by atoms with E-state index in [1.54, 1.807) is 0 Å². The van der Waals surface area contributed by atoms with E-state index in [1.807, 2.05) is 6.92 Å². The summed E-state index contributed by atoms with van der Waals surface area (Å²) in [6.07, 6.45) is 1.75. The Kier molecular flexibility index (Phi) is 6.03. The quantitative estimate of drug-likeness (QED) is 0.546. The van der Waals surface area contributed by atoms with Crippen LogP contribution in [0.25, 0.3) is 0 Å². The maximum atomic E-state index is 10.8. The van der Waals surface area contributed by atoms with Crippen LogP contribution in [0.1, 0.15) is 47.6 Å². The lowest BCUT2D eigenvalue weighted by atomic mass is 9.72. The van der Waals surface area contributed by atoms with E-state index < -0.39 is 6.10 Å². The molecule has 0 saturated carbocycles. The van der Waals surface area contributed by atoms with Crippen molar-refractivity contribution in [1.29, 1.82) is 0 Å². The first-order chi connectivity index (χ1) is 15.9. The molecule has 1 fully saturated rings. The second kappa shape index (κ2) is 8.96. The Morgan fingerprint density at radius 3 is 2.33 bits per heavy atom. The molecule has 172 valence electrons. The lowest BCUT2D eigenvalue weighted by Gasteiger charge is -2.34. The first-order valence-electron chi connectivity index (χ1n) is 12.2. The highest BCUT2D eigenvalue weighted by molar-refractivity contribution is 5.41. The molecule has 1 N–H and O–H groups in total. The largest absolute Gasteiger partial charge is 0.489 e. The van der Waals surface area contributed by atoms with Gasteiger partial charge in [0.05, 0.1) is 6.10 Å². The summed E-state index contributed by atoms with van der Waals surface area (Å²) in [4.78, 5) is 2.49. The van der Waals surface area contributed by atoms with Gasteiger partial charge >= 0.3 is 0 Å². The van der Waals surface area contributed by atoms with Gasteiger partial charge in [0.1, 0.15) is 11.9 Å². The zero-order chi connectivity index (χ0) is 23.0. The maximum absolute atomic E-state index is 10.8. The Balaban J connectivity index is 1.37. The van der Waals surface area contributed by atoms with Crippen molar-refractivity contribution in [1.82, 2.24) is 4.90 Å². The molecule has 3 nitrogen and oxygen atoms in total. The van der Waals surface area contributed by atoms with Crippen LogP contribution in [0.3, 0.4) is 0 Å². The molecule has 0 spiro atoms. The lowest BCUT2D eigenvalue weighted by Crippen LogP contribution is -2.37. The number of hydrogen-bond donors (Lipinski definition) is 1. The number of benzene rings is 3. The number of hydrogen-bond acceptors (Lipinski definition) is 3. The Labute approximate surface area is 198 Å². The summed E-state index contributed by atoms with van der Waals surface area (Å²) in [5.41, 5.74) is 6.37. The summed E-state index contributed by atoms with van der Waals surface area (Å²) in [7, 11) is 0. The number of aryl methyl sites for hydroxylation is 1. The monoisotopic (exact) mass is 441 g/mol. The molecular weight excluding hydrogens is 406 g/mol. The van der Waals surface area contributed by atoms with Gasteiger partial charge < -0.3 is 9.84 Å². The van der Waals surface area contributed by atoms with Crippen LogP contribution in [-0.4, -0.2) is 35.3 Å². The zero-order valence-corrected chi connectivity index (χ0v) is 20.0. The van der Waals surface area contributed by atoms with Crippen molar-refractivity contribution in [2.75, 3.05) is 13.1 Å². The van der Waals surface area contributed by atoms with Gasteiger partial charge in [0.15, 0.2) is 0 Å². The summed E-state index contributed by atoms with van der Waals surface area (Å²) in [6, 6.07) is 26.0. The van der Waals surface area contributed by atoms with Crippen molar-refractivity contribution in [2.24, 2.45) is 5.41 Å². The van der Waals surface area contributed by atoms with Gasteiger partial charge in [-0.25, -0.2) is 0 Å². The molecule has 0 unspecified atom stereocenters. The van der Waals surface area contributed by atoms with Crippen LogP contribution < -0.4 is 4.74 Å². The third kappa shape index (κ3) is 4.45. The van der Waals surface area contributed by atoms with Crippen molar-refractivity contribution in [3.05, 3.63) is 101 Å². The molecule has 1 aliphatic carbocycles. The molecule has 3 aromatic rings. The molecule has 0 radical (unpaired) electrons. The smallest absolute Gasteiger partial charge is 0.122 e. The number of ether oxygens (including phenoxy) is 1. The highest BCUT2D eigenvalue weighted by Crippen LogP contribution is 2.46. The predicted molar refractivity (Wildman–Crippen MR) is 134 cm³/mol. The van der Waals surface area contributed by atoms with Gasteiger partial charge in [-0.15, -0.1) is 0 Å². The van der Waals surface area contributed by atoms with Crippen molar-refractivity contribution in [3.8, 4) is 5.75 Å². The predicted octanol–water partition coefficient (Wildman–Crippen LogP) is 5.53. The summed E-state index contributed by atoms with van der Waals surface area (Å²) >= 11 is 0. The maximum Gasteiger partial charge on any atom is 0.122 e. The minimum Gasteiger partial charge on any atom is -0.489 e. The second-order valence-corrected chi connectivity index (χ2v) is 10.3. The number of aliphatic hydroxyl groups excluding tert-OH is 1. The van der Waals surface area contributed by atoms with Gasteiger partial charge in [-0.2, -0.15) is 0 Å². The van der Waals surface area contributed by atoms with E-state index in [1.165, 1.54) is 27.8 Å². The molecule has 2 aliphatic rings. The fourth-order valence-electron chi connectivity index (χ4n) is 5.74. The van der Waals surface area contributed by atoms with Crippen LogP contribution in [0.15, 0.2) is 72.8 Å². The molecule has 33 heavy (non-hydrogen) atoms. The number of fused-ring (bicyclic) bond motifs is 1. The first kappa shape index (κ1) is 22.2. The second-order valence-electron chi connectivity index (χ2n) is 10.3. The van der Waals surface area contributed by atoms with Gasteiger partial charge in [-0.05, 0) is 47.7 Å². The van der Waals surface area contributed by atoms with E-state index in [4.69, 9.17) is 4.74 Å². The number of nitrogens with zero attached hydrogens (tertiary/aromatic N) is 1. The molecule has 5 rings (SSSR count). The first-order valence-corrected chi connectivity index (χ1v) is 12.2. The molecule has 1 saturated heterocycles. The molecule has 1 heterocycles. The zero-order valence-electron chi connectivity index (χ0n) is 20.0. The minimum absolute atomic E-state index is 0.192. The molecule has 0 bridgehead atoms. The molecule has 3 aromatic carbocycles. The van der Waals surface area contributed by atoms with Gasteiger partial charge in [0.25, 0.3) is 0 Å². The van der Waals surface area contributed by atoms with Crippen LogP contribution in [0, 0.1) is 12.3 Å². The van der Waals surface area contributed by atoms with Gasteiger partial charge in [-0.1, -0.05) is 73.7 Å². The van der Waals surface area contributed by atoms with Crippen LogP contribution >= 0.6 is 0 Å². The molecule has 0 amide bonds. The SMILES string of the molecule is Cc1ccc([C@@H]2CN(Cc3ccccc3)C[C@@]2(C)[C@@H](C)O)cc1OC1Cc2ccccc2C1. The van der Waals surface area contributed by atoms with Crippen molar-refractivity contribution < 1.29 is 9.84 Å². The van der Waals surface area contributed by atoms with Gasteiger partial charge in [0.2, 0.25) is 0 Å². The number of rotatable bonds is 6. The highest BCUT2D eigenvalue weighted by Gasteiger charge is 2.46. The summed E-state index contributed by atoms with van der Waals surface area (Å²) in [6.45, 7) is 9.04. The standard InChI is InChI=1S/C30H35NO2/c1-21-13-14-26(17-29(21)33-27-15-24-11-7-8-12-25(24)16-27)28-19-31(20-30(28,3)22(2)32)18-23-9-5-4-6-10-23/h4-14,17,22,27-28,32H,15-16,18-20H2,1-3H3/t22-,28+,30+/m1/s1. The molecule has 3 heteroatoms. The number of aliphatic hydroxyl groups is 1. The van der Waals surface area contributed by atoms with Crippen molar-refractivity contribution in [2.45, 2.75) is 58.3 Å². The van der Waals surface area contributed by atoms with E-state index in [0.717, 1.165) is 38.2 Å². The van der Waals surface area contributed by atoms with E-state index in [9.17, 15) is 5.11 Å². The number of likely N-dealkylation sites (tertiary alicyclic amines) is 1. The summed E-state index contributed by atoms with van der Waals surface area (Å²) < 4.78 is 6.56. The Bertz CT molecular complexity index is 1080. The lowest BCUT2D eigenvalue weighted by molar-refractivity contribution is 0.0474.